The van der Waals surface area contributed by atoms with Crippen LogP contribution < -0.4 is 5.63 Å². The Morgan fingerprint density at radius 3 is 2.16 bits per heavy atom. The van der Waals surface area contributed by atoms with Crippen molar-refractivity contribution in [1.29, 1.82) is 0 Å². The zero-order valence-electron chi connectivity index (χ0n) is 13.4. The molecule has 5 aromatic rings. The summed E-state index contributed by atoms with van der Waals surface area (Å²) in [5, 5.41) is 4.71. The molecule has 0 radical (unpaired) electrons. The molecule has 0 aliphatic rings. The third-order valence-corrected chi connectivity index (χ3v) is 4.70. The molecular weight excluding hydrogens is 308 g/mol. The maximum Gasteiger partial charge on any atom is 0.344 e. The molecule has 0 spiro atoms. The van der Waals surface area contributed by atoms with E-state index in [1.807, 2.05) is 66.7 Å². The van der Waals surface area contributed by atoms with Crippen LogP contribution in [0.3, 0.4) is 0 Å². The third kappa shape index (κ3) is 2.08. The molecule has 0 saturated carbocycles. The van der Waals surface area contributed by atoms with Crippen LogP contribution in [0.5, 0.6) is 0 Å². The summed E-state index contributed by atoms with van der Waals surface area (Å²) in [6, 6.07) is 28.0. The minimum Gasteiger partial charge on any atom is -0.422 e. The molecule has 0 aliphatic heterocycles. The smallest absolute Gasteiger partial charge is 0.344 e. The summed E-state index contributed by atoms with van der Waals surface area (Å²) >= 11 is 0. The molecule has 2 heteroatoms. The van der Waals surface area contributed by atoms with Crippen LogP contribution >= 0.6 is 0 Å². The predicted octanol–water partition coefficient (Wildman–Crippen LogP) is 5.77. The molecule has 0 bridgehead atoms. The Bertz CT molecular complexity index is 1300. The van der Waals surface area contributed by atoms with Gasteiger partial charge < -0.3 is 4.42 Å². The highest BCUT2D eigenvalue weighted by Gasteiger charge is 2.16. The Morgan fingerprint density at radius 1 is 0.640 bits per heavy atom. The van der Waals surface area contributed by atoms with E-state index in [0.717, 1.165) is 32.7 Å². The minimum atomic E-state index is -0.293. The average Bonchev–Trinajstić information content (AvgIpc) is 2.67. The highest BCUT2D eigenvalue weighted by molar-refractivity contribution is 6.18. The van der Waals surface area contributed by atoms with Gasteiger partial charge in [-0.05, 0) is 28.5 Å². The fourth-order valence-corrected chi connectivity index (χ4v) is 3.61. The summed E-state index contributed by atoms with van der Waals surface area (Å²) in [4.78, 5) is 12.9. The van der Waals surface area contributed by atoms with E-state index < -0.39 is 0 Å². The summed E-state index contributed by atoms with van der Waals surface area (Å²) in [6.45, 7) is 0. The highest BCUT2D eigenvalue weighted by atomic mass is 16.4. The molecule has 0 atom stereocenters. The van der Waals surface area contributed by atoms with Gasteiger partial charge in [-0.15, -0.1) is 0 Å². The van der Waals surface area contributed by atoms with Crippen LogP contribution in [0.2, 0.25) is 0 Å². The third-order valence-electron chi connectivity index (χ3n) is 4.70. The Kier molecular flexibility index (Phi) is 2.98. The van der Waals surface area contributed by atoms with E-state index in [9.17, 15) is 4.79 Å². The Labute approximate surface area is 143 Å². The number of para-hydroxylation sites is 1. The fourth-order valence-electron chi connectivity index (χ4n) is 3.61. The van der Waals surface area contributed by atoms with Gasteiger partial charge in [-0.25, -0.2) is 4.79 Å². The molecule has 118 valence electrons. The normalized spacial score (nSPS) is 11.4. The lowest BCUT2D eigenvalue weighted by molar-refractivity contribution is 0.570. The second-order valence-electron chi connectivity index (χ2n) is 6.15. The fraction of sp³-hybridized carbons (Fsp3) is 0. The van der Waals surface area contributed by atoms with Gasteiger partial charge in [0.05, 0.1) is 5.39 Å². The van der Waals surface area contributed by atoms with Crippen molar-refractivity contribution in [1.82, 2.24) is 0 Å². The Balaban J connectivity index is 2.12. The standard InChI is InChI=1S/C23H14O2/c24-23-22-19(18-12-6-7-13-20(18)25-23)14-16-10-4-5-11-17(16)21(22)15-8-2-1-3-9-15/h1-14H. The molecule has 0 N–H and O–H groups in total. The van der Waals surface area contributed by atoms with E-state index in [1.54, 1.807) is 0 Å². The molecule has 0 saturated heterocycles. The quantitative estimate of drug-likeness (QED) is 0.223. The van der Waals surface area contributed by atoms with Gasteiger partial charge in [-0.2, -0.15) is 0 Å². The lowest BCUT2D eigenvalue weighted by Gasteiger charge is -2.12. The number of fused-ring (bicyclic) bond motifs is 4. The van der Waals surface area contributed by atoms with Crippen LogP contribution in [0, 0.1) is 0 Å². The second kappa shape index (κ2) is 5.32. The molecule has 0 aliphatic carbocycles. The van der Waals surface area contributed by atoms with E-state index in [4.69, 9.17) is 4.42 Å². The molecule has 1 heterocycles. The first-order chi connectivity index (χ1) is 12.3. The van der Waals surface area contributed by atoms with E-state index in [0.29, 0.717) is 11.0 Å². The van der Waals surface area contributed by atoms with Gasteiger partial charge in [-0.3, -0.25) is 0 Å². The van der Waals surface area contributed by atoms with E-state index in [2.05, 4.69) is 18.2 Å². The Morgan fingerprint density at radius 2 is 1.32 bits per heavy atom. The van der Waals surface area contributed by atoms with Crippen molar-refractivity contribution in [3.05, 3.63) is 95.3 Å². The first-order valence-electron chi connectivity index (χ1n) is 8.26. The molecule has 5 rings (SSSR count). The highest BCUT2D eigenvalue weighted by Crippen LogP contribution is 2.37. The SMILES string of the molecule is O=c1oc2ccccc2c2cc3ccccc3c(-c3ccccc3)c12. The van der Waals surface area contributed by atoms with Crippen molar-refractivity contribution in [2.75, 3.05) is 0 Å². The summed E-state index contributed by atoms with van der Waals surface area (Å²) in [5.41, 5.74) is 2.28. The maximum absolute atomic E-state index is 12.9. The molecule has 0 unspecified atom stereocenters. The lowest BCUT2D eigenvalue weighted by Crippen LogP contribution is -2.02. The maximum atomic E-state index is 12.9. The van der Waals surface area contributed by atoms with Crippen LogP contribution in [0.15, 0.2) is 94.1 Å². The van der Waals surface area contributed by atoms with E-state index in [1.165, 1.54) is 0 Å². The molecule has 0 amide bonds. The van der Waals surface area contributed by atoms with E-state index >= 15 is 0 Å². The first-order valence-corrected chi connectivity index (χ1v) is 8.26. The number of hydrogen-bond donors (Lipinski definition) is 0. The van der Waals surface area contributed by atoms with Gasteiger partial charge in [0.15, 0.2) is 0 Å². The predicted molar refractivity (Wildman–Crippen MR) is 103 cm³/mol. The number of benzene rings is 4. The minimum absolute atomic E-state index is 0.293. The summed E-state index contributed by atoms with van der Waals surface area (Å²) in [5.74, 6) is 0. The molecule has 25 heavy (non-hydrogen) atoms. The monoisotopic (exact) mass is 322 g/mol. The second-order valence-corrected chi connectivity index (χ2v) is 6.15. The molecule has 1 aromatic heterocycles. The van der Waals surface area contributed by atoms with Gasteiger partial charge in [0, 0.05) is 16.3 Å². The first kappa shape index (κ1) is 14.0. The van der Waals surface area contributed by atoms with Crippen molar-refractivity contribution in [3.63, 3.8) is 0 Å². The lowest BCUT2D eigenvalue weighted by atomic mass is 9.92. The summed E-state index contributed by atoms with van der Waals surface area (Å²) in [7, 11) is 0. The van der Waals surface area contributed by atoms with Gasteiger partial charge in [-0.1, -0.05) is 72.8 Å². The zero-order chi connectivity index (χ0) is 16.8. The molecular formula is C23H14O2. The van der Waals surface area contributed by atoms with Crippen molar-refractivity contribution in [3.8, 4) is 11.1 Å². The van der Waals surface area contributed by atoms with Crippen LogP contribution in [0.25, 0.3) is 43.6 Å². The van der Waals surface area contributed by atoms with Gasteiger partial charge in [0.1, 0.15) is 5.58 Å². The summed E-state index contributed by atoms with van der Waals surface area (Å²) < 4.78 is 5.63. The average molecular weight is 322 g/mol. The van der Waals surface area contributed by atoms with Gasteiger partial charge in [0.25, 0.3) is 0 Å². The number of rotatable bonds is 1. The van der Waals surface area contributed by atoms with Crippen molar-refractivity contribution in [2.45, 2.75) is 0 Å². The molecule has 2 nitrogen and oxygen atoms in total. The topological polar surface area (TPSA) is 30.2 Å². The van der Waals surface area contributed by atoms with Crippen LogP contribution in [-0.2, 0) is 0 Å². The molecule has 4 aromatic carbocycles. The van der Waals surface area contributed by atoms with Gasteiger partial charge >= 0.3 is 5.63 Å². The zero-order valence-corrected chi connectivity index (χ0v) is 13.4. The van der Waals surface area contributed by atoms with Crippen LogP contribution in [0.1, 0.15) is 0 Å². The van der Waals surface area contributed by atoms with Crippen molar-refractivity contribution in [2.24, 2.45) is 0 Å². The van der Waals surface area contributed by atoms with Crippen molar-refractivity contribution >= 4 is 32.5 Å². The van der Waals surface area contributed by atoms with Crippen molar-refractivity contribution < 1.29 is 4.42 Å². The van der Waals surface area contributed by atoms with Crippen LogP contribution in [0.4, 0.5) is 0 Å². The van der Waals surface area contributed by atoms with E-state index in [-0.39, 0.29) is 5.63 Å². The van der Waals surface area contributed by atoms with Crippen LogP contribution in [-0.4, -0.2) is 0 Å². The summed E-state index contributed by atoms with van der Waals surface area (Å²) in [6.07, 6.45) is 0. The number of hydrogen-bond acceptors (Lipinski definition) is 2. The largest absolute Gasteiger partial charge is 0.422 e. The van der Waals surface area contributed by atoms with Gasteiger partial charge in [0.2, 0.25) is 0 Å². The Hall–Kier alpha value is -3.39. The molecule has 0 fully saturated rings.